The van der Waals surface area contributed by atoms with Crippen LogP contribution in [0.3, 0.4) is 0 Å². The second-order valence-corrected chi connectivity index (χ2v) is 9.94. The maximum atomic E-state index is 11.1. The van der Waals surface area contributed by atoms with Crippen molar-refractivity contribution in [3.8, 4) is 0 Å². The zero-order valence-electron chi connectivity index (χ0n) is 17.5. The Morgan fingerprint density at radius 1 is 1.14 bits per heavy atom. The van der Waals surface area contributed by atoms with Gasteiger partial charge >= 0.3 is 5.97 Å². The van der Waals surface area contributed by atoms with Crippen LogP contribution in [-0.2, 0) is 14.2 Å². The fourth-order valence-electron chi connectivity index (χ4n) is 6.38. The predicted octanol–water partition coefficient (Wildman–Crippen LogP) is 3.35. The molecule has 0 aromatic heterocycles. The third kappa shape index (κ3) is 2.78. The van der Waals surface area contributed by atoms with Crippen LogP contribution in [0.1, 0.15) is 45.6 Å². The lowest BCUT2D eigenvalue weighted by Crippen LogP contribution is -2.72. The Balaban J connectivity index is 1.55. The molecule has 2 aliphatic heterocycles. The number of aliphatic hydroxyl groups excluding tert-OH is 2. The van der Waals surface area contributed by atoms with Crippen molar-refractivity contribution in [1.82, 2.24) is 0 Å². The van der Waals surface area contributed by atoms with E-state index in [0.717, 1.165) is 5.56 Å². The third-order valence-corrected chi connectivity index (χ3v) is 8.06. The predicted molar refractivity (Wildman–Crippen MR) is 109 cm³/mol. The van der Waals surface area contributed by atoms with Gasteiger partial charge in [0.1, 0.15) is 5.60 Å². The maximum Gasteiger partial charge on any atom is 0.305 e. The van der Waals surface area contributed by atoms with Crippen LogP contribution >= 0.6 is 0 Å². The standard InChI is InChI=1S/C24H32O5/c1-15(2)17-13-19(26)22(3)18(25)10-11-23-14-27-24(29-23,28-20(17)21(22)23)12-9-16-7-5-4-6-8-16/h4-9,12,15,17-21,25-26H,10-11,13-14H2,1-3H3/t17-,18+,19-,20-,21+,22+,23-,24+/m1/s1. The summed E-state index contributed by atoms with van der Waals surface area (Å²) in [5.74, 6) is -0.767. The fourth-order valence-corrected chi connectivity index (χ4v) is 6.38. The summed E-state index contributed by atoms with van der Waals surface area (Å²) in [6, 6.07) is 10.1. The van der Waals surface area contributed by atoms with Crippen molar-refractivity contribution < 1.29 is 24.4 Å². The highest BCUT2D eigenvalue weighted by Gasteiger charge is 2.73. The van der Waals surface area contributed by atoms with Gasteiger partial charge in [0.2, 0.25) is 0 Å². The van der Waals surface area contributed by atoms with Gasteiger partial charge in [0.05, 0.1) is 24.9 Å². The van der Waals surface area contributed by atoms with Gasteiger partial charge in [0.25, 0.3) is 0 Å². The van der Waals surface area contributed by atoms with E-state index in [2.05, 4.69) is 13.8 Å². The Bertz CT molecular complexity index is 794. The first-order valence-corrected chi connectivity index (χ1v) is 10.9. The molecular formula is C24H32O5. The third-order valence-electron chi connectivity index (χ3n) is 8.06. The first kappa shape index (κ1) is 19.7. The highest BCUT2D eigenvalue weighted by atomic mass is 16.9. The van der Waals surface area contributed by atoms with E-state index in [1.807, 2.05) is 49.4 Å². The Kier molecular flexibility index (Phi) is 4.50. The number of rotatable bonds is 3. The van der Waals surface area contributed by atoms with E-state index in [-0.39, 0.29) is 17.9 Å². The summed E-state index contributed by atoms with van der Waals surface area (Å²) in [4.78, 5) is 0. The summed E-state index contributed by atoms with van der Waals surface area (Å²) in [5, 5.41) is 22.1. The van der Waals surface area contributed by atoms with Crippen molar-refractivity contribution in [3.05, 3.63) is 42.0 Å². The SMILES string of the molecule is CC(C)[C@H]1C[C@@H](O)[C@@]2(C)[C@@H]3[C@@H]1O[C@]1(C=Cc4ccccc4)OC[C@@]3(CC[C@@H]2O)O1. The molecule has 5 nitrogen and oxygen atoms in total. The van der Waals surface area contributed by atoms with Crippen molar-refractivity contribution in [2.45, 2.75) is 69.9 Å². The summed E-state index contributed by atoms with van der Waals surface area (Å²) >= 11 is 0. The molecule has 5 heteroatoms. The number of benzene rings is 1. The number of hydrogen-bond acceptors (Lipinski definition) is 5. The van der Waals surface area contributed by atoms with Gasteiger partial charge in [-0.3, -0.25) is 0 Å². The highest BCUT2D eigenvalue weighted by Crippen LogP contribution is 2.64. The zero-order valence-corrected chi connectivity index (χ0v) is 17.5. The van der Waals surface area contributed by atoms with E-state index in [0.29, 0.717) is 31.8 Å². The number of aliphatic hydroxyl groups is 2. The fraction of sp³-hybridized carbons (Fsp3) is 0.667. The van der Waals surface area contributed by atoms with E-state index in [4.69, 9.17) is 14.2 Å². The smallest absolute Gasteiger partial charge is 0.305 e. The molecular weight excluding hydrogens is 368 g/mol. The first-order valence-electron chi connectivity index (χ1n) is 10.9. The molecule has 8 atom stereocenters. The Labute approximate surface area is 172 Å². The van der Waals surface area contributed by atoms with Gasteiger partial charge in [0.15, 0.2) is 0 Å². The normalized spacial score (nSPS) is 48.8. The summed E-state index contributed by atoms with van der Waals surface area (Å²) < 4.78 is 19.4. The number of ether oxygens (including phenoxy) is 3. The Morgan fingerprint density at radius 3 is 2.62 bits per heavy atom. The van der Waals surface area contributed by atoms with Crippen molar-refractivity contribution in [2.75, 3.05) is 6.61 Å². The van der Waals surface area contributed by atoms with Crippen LogP contribution in [0.25, 0.3) is 6.08 Å². The van der Waals surface area contributed by atoms with Gasteiger partial charge in [-0.25, -0.2) is 0 Å². The summed E-state index contributed by atoms with van der Waals surface area (Å²) in [5.41, 5.74) is -0.131. The minimum atomic E-state index is -1.20. The van der Waals surface area contributed by atoms with E-state index in [1.54, 1.807) is 0 Å². The molecule has 2 saturated heterocycles. The molecule has 0 amide bonds. The van der Waals surface area contributed by atoms with E-state index >= 15 is 0 Å². The number of fused-ring (bicyclic) bond motifs is 1. The molecule has 2 bridgehead atoms. The van der Waals surface area contributed by atoms with Gasteiger partial charge in [-0.2, -0.15) is 0 Å². The van der Waals surface area contributed by atoms with Gasteiger partial charge in [0, 0.05) is 17.4 Å². The Morgan fingerprint density at radius 2 is 1.90 bits per heavy atom. The molecule has 1 aromatic carbocycles. The summed E-state index contributed by atoms with van der Waals surface area (Å²) in [6.07, 6.45) is 4.54. The first-order chi connectivity index (χ1) is 13.8. The van der Waals surface area contributed by atoms with E-state index < -0.39 is 29.2 Å². The number of hydrogen-bond donors (Lipinski definition) is 2. The van der Waals surface area contributed by atoms with Crippen LogP contribution in [0, 0.1) is 23.2 Å². The summed E-state index contributed by atoms with van der Waals surface area (Å²) in [7, 11) is 0. The molecule has 0 radical (unpaired) electrons. The lowest BCUT2D eigenvalue weighted by Gasteiger charge is -2.64. The molecule has 0 unspecified atom stereocenters. The molecule has 158 valence electrons. The molecule has 2 aliphatic carbocycles. The quantitative estimate of drug-likeness (QED) is 0.814. The molecule has 5 rings (SSSR count). The van der Waals surface area contributed by atoms with Crippen molar-refractivity contribution in [3.63, 3.8) is 0 Å². The molecule has 2 N–H and O–H groups in total. The topological polar surface area (TPSA) is 68.2 Å². The van der Waals surface area contributed by atoms with Gasteiger partial charge in [-0.15, -0.1) is 0 Å². The van der Waals surface area contributed by atoms with Crippen LogP contribution in [0.2, 0.25) is 0 Å². The largest absolute Gasteiger partial charge is 0.392 e. The highest BCUT2D eigenvalue weighted by molar-refractivity contribution is 5.49. The zero-order chi connectivity index (χ0) is 20.4. The molecule has 1 spiro atoms. The molecule has 2 saturated carbocycles. The molecule has 4 aliphatic rings. The second kappa shape index (κ2) is 6.63. The molecule has 29 heavy (non-hydrogen) atoms. The van der Waals surface area contributed by atoms with Crippen molar-refractivity contribution in [2.24, 2.45) is 23.2 Å². The second-order valence-electron chi connectivity index (χ2n) is 9.94. The van der Waals surface area contributed by atoms with Crippen molar-refractivity contribution in [1.29, 1.82) is 0 Å². The maximum absolute atomic E-state index is 11.1. The Hall–Kier alpha value is -1.24. The summed E-state index contributed by atoms with van der Waals surface area (Å²) in [6.45, 7) is 6.79. The van der Waals surface area contributed by atoms with Crippen LogP contribution in [0.5, 0.6) is 0 Å². The molecule has 4 fully saturated rings. The van der Waals surface area contributed by atoms with Crippen LogP contribution < -0.4 is 0 Å². The van der Waals surface area contributed by atoms with E-state index in [9.17, 15) is 10.2 Å². The monoisotopic (exact) mass is 400 g/mol. The van der Waals surface area contributed by atoms with E-state index in [1.165, 1.54) is 0 Å². The average molecular weight is 401 g/mol. The van der Waals surface area contributed by atoms with Crippen LogP contribution in [0.15, 0.2) is 36.4 Å². The van der Waals surface area contributed by atoms with Gasteiger partial charge < -0.3 is 24.4 Å². The average Bonchev–Trinajstić information content (AvgIpc) is 2.99. The minimum Gasteiger partial charge on any atom is -0.392 e. The minimum absolute atomic E-state index is 0.101. The van der Waals surface area contributed by atoms with Crippen LogP contribution in [-0.4, -0.2) is 46.7 Å². The molecule has 2 heterocycles. The van der Waals surface area contributed by atoms with Crippen LogP contribution in [0.4, 0.5) is 0 Å². The lowest BCUT2D eigenvalue weighted by atomic mass is 9.48. The van der Waals surface area contributed by atoms with Crippen molar-refractivity contribution >= 4 is 6.08 Å². The van der Waals surface area contributed by atoms with Gasteiger partial charge in [-0.1, -0.05) is 57.2 Å². The van der Waals surface area contributed by atoms with Gasteiger partial charge in [-0.05, 0) is 36.7 Å². The lowest BCUT2D eigenvalue weighted by molar-refractivity contribution is -0.414. The molecule has 1 aromatic rings.